The quantitative estimate of drug-likeness (QED) is 0.0886. The maximum atomic E-state index is 13.6. The summed E-state index contributed by atoms with van der Waals surface area (Å²) >= 11 is 0. The van der Waals surface area contributed by atoms with Crippen molar-refractivity contribution in [3.8, 4) is 0 Å². The Bertz CT molecular complexity index is 709. The number of alkyl halides is 7. The molecule has 0 aliphatic heterocycles. The van der Waals surface area contributed by atoms with Gasteiger partial charge in [0.1, 0.15) is 0 Å². The number of rotatable bonds is 24. The lowest BCUT2D eigenvalue weighted by atomic mass is 9.95. The zero-order valence-corrected chi connectivity index (χ0v) is 24.1. The molecule has 234 valence electrons. The summed E-state index contributed by atoms with van der Waals surface area (Å²) in [5, 5.41) is 0. The van der Waals surface area contributed by atoms with Gasteiger partial charge in [-0.25, -0.2) is 4.39 Å². The average molecular weight is 587 g/mol. The van der Waals surface area contributed by atoms with Crippen molar-refractivity contribution >= 4 is 0 Å². The summed E-state index contributed by atoms with van der Waals surface area (Å²) in [7, 11) is 0. The van der Waals surface area contributed by atoms with E-state index >= 15 is 0 Å². The molecule has 0 N–H and O–H groups in total. The van der Waals surface area contributed by atoms with Gasteiger partial charge in [0, 0.05) is 6.61 Å². The SMILES string of the molecule is CCCC(COCCCCCCCCCCCCCCCCC(F)(C(F)(F)F)C(F)(F)F)OCc1ccccc1. The molecule has 0 saturated carbocycles. The standard InChI is InChI=1S/C31H49F7O2/c1-2-20-28(40-25-27-21-16-15-17-22-27)26-39-24-19-14-12-10-8-6-4-3-5-7-9-11-13-18-23-29(32,30(33,34)35)31(36,37)38/h15-17,21-22,28H,2-14,18-20,23-26H2,1H3. The molecule has 1 aromatic rings. The molecule has 1 rings (SSSR count). The maximum absolute atomic E-state index is 13.6. The first-order chi connectivity index (χ1) is 19.0. The minimum atomic E-state index is -5.93. The molecular formula is C31H49F7O2. The molecular weight excluding hydrogens is 537 g/mol. The molecule has 1 aromatic carbocycles. The third kappa shape index (κ3) is 15.6. The largest absolute Gasteiger partial charge is 0.431 e. The summed E-state index contributed by atoms with van der Waals surface area (Å²) in [4.78, 5) is 0. The highest BCUT2D eigenvalue weighted by atomic mass is 19.4. The molecule has 0 spiro atoms. The number of hydrogen-bond donors (Lipinski definition) is 0. The lowest BCUT2D eigenvalue weighted by Gasteiger charge is -2.29. The smallest absolute Gasteiger partial charge is 0.379 e. The number of hydrogen-bond acceptors (Lipinski definition) is 2. The van der Waals surface area contributed by atoms with Gasteiger partial charge >= 0.3 is 12.4 Å². The average Bonchev–Trinajstić information content (AvgIpc) is 2.90. The Hall–Kier alpha value is -1.35. The molecule has 0 amide bonds. The summed E-state index contributed by atoms with van der Waals surface area (Å²) in [6.45, 7) is 4.15. The predicted octanol–water partition coefficient (Wildman–Crippen LogP) is 11.1. The number of ether oxygens (including phenoxy) is 2. The van der Waals surface area contributed by atoms with Crippen LogP contribution in [0.4, 0.5) is 30.7 Å². The van der Waals surface area contributed by atoms with Crippen molar-refractivity contribution in [2.24, 2.45) is 0 Å². The van der Waals surface area contributed by atoms with Crippen LogP contribution in [-0.4, -0.2) is 37.3 Å². The predicted molar refractivity (Wildman–Crippen MR) is 146 cm³/mol. The van der Waals surface area contributed by atoms with Crippen molar-refractivity contribution in [1.82, 2.24) is 0 Å². The molecule has 0 bridgehead atoms. The van der Waals surface area contributed by atoms with Crippen LogP contribution in [0.2, 0.25) is 0 Å². The Labute approximate surface area is 236 Å². The molecule has 40 heavy (non-hydrogen) atoms. The summed E-state index contributed by atoms with van der Waals surface area (Å²) in [6.07, 6.45) is 0.833. The van der Waals surface area contributed by atoms with Crippen LogP contribution >= 0.6 is 0 Å². The molecule has 0 radical (unpaired) electrons. The van der Waals surface area contributed by atoms with Gasteiger partial charge in [-0.05, 0) is 31.2 Å². The summed E-state index contributed by atoms with van der Waals surface area (Å²) in [5.41, 5.74) is -3.93. The minimum absolute atomic E-state index is 0.128. The fourth-order valence-electron chi connectivity index (χ4n) is 4.68. The fourth-order valence-corrected chi connectivity index (χ4v) is 4.68. The van der Waals surface area contributed by atoms with Crippen molar-refractivity contribution in [2.75, 3.05) is 13.2 Å². The van der Waals surface area contributed by atoms with Crippen LogP contribution in [0.5, 0.6) is 0 Å². The first kappa shape index (κ1) is 36.7. The second-order valence-corrected chi connectivity index (χ2v) is 10.8. The Morgan fingerprint density at radius 1 is 0.625 bits per heavy atom. The third-order valence-electron chi connectivity index (χ3n) is 7.20. The van der Waals surface area contributed by atoms with Crippen LogP contribution < -0.4 is 0 Å². The molecule has 0 saturated heterocycles. The van der Waals surface area contributed by atoms with Crippen molar-refractivity contribution in [1.29, 1.82) is 0 Å². The van der Waals surface area contributed by atoms with E-state index in [9.17, 15) is 30.7 Å². The van der Waals surface area contributed by atoms with E-state index in [1.165, 1.54) is 31.2 Å². The molecule has 0 aliphatic carbocycles. The molecule has 2 nitrogen and oxygen atoms in total. The van der Waals surface area contributed by atoms with Gasteiger partial charge in [-0.15, -0.1) is 0 Å². The van der Waals surface area contributed by atoms with Gasteiger partial charge in [0.2, 0.25) is 0 Å². The van der Waals surface area contributed by atoms with Crippen molar-refractivity contribution in [2.45, 2.75) is 147 Å². The second kappa shape index (κ2) is 20.5. The minimum Gasteiger partial charge on any atom is -0.379 e. The van der Waals surface area contributed by atoms with Gasteiger partial charge in [-0.1, -0.05) is 121 Å². The lowest BCUT2D eigenvalue weighted by molar-refractivity contribution is -0.343. The highest BCUT2D eigenvalue weighted by molar-refractivity contribution is 5.13. The summed E-state index contributed by atoms with van der Waals surface area (Å²) in [6, 6.07) is 10.2. The van der Waals surface area contributed by atoms with E-state index < -0.39 is 30.9 Å². The van der Waals surface area contributed by atoms with Crippen LogP contribution in [0, 0.1) is 0 Å². The van der Waals surface area contributed by atoms with Crippen LogP contribution in [0.25, 0.3) is 0 Å². The topological polar surface area (TPSA) is 18.5 Å². The van der Waals surface area contributed by atoms with Gasteiger partial charge < -0.3 is 9.47 Å². The van der Waals surface area contributed by atoms with Crippen LogP contribution in [0.15, 0.2) is 30.3 Å². The first-order valence-corrected chi connectivity index (χ1v) is 15.1. The van der Waals surface area contributed by atoms with Crippen LogP contribution in [-0.2, 0) is 16.1 Å². The first-order valence-electron chi connectivity index (χ1n) is 15.1. The highest BCUT2D eigenvalue weighted by Gasteiger charge is 2.71. The molecule has 9 heteroatoms. The Morgan fingerprint density at radius 3 is 1.52 bits per heavy atom. The Balaban J connectivity index is 1.91. The summed E-state index contributed by atoms with van der Waals surface area (Å²) < 4.78 is 101. The molecule has 1 atom stereocenters. The third-order valence-corrected chi connectivity index (χ3v) is 7.20. The van der Waals surface area contributed by atoms with Gasteiger partial charge in [-0.2, -0.15) is 26.3 Å². The zero-order chi connectivity index (χ0) is 29.7. The van der Waals surface area contributed by atoms with E-state index in [0.717, 1.165) is 64.4 Å². The Morgan fingerprint density at radius 2 is 1.07 bits per heavy atom. The van der Waals surface area contributed by atoms with E-state index in [-0.39, 0.29) is 12.5 Å². The monoisotopic (exact) mass is 586 g/mol. The van der Waals surface area contributed by atoms with Crippen LogP contribution in [0.1, 0.15) is 122 Å². The van der Waals surface area contributed by atoms with E-state index in [1.54, 1.807) is 0 Å². The van der Waals surface area contributed by atoms with Gasteiger partial charge in [0.05, 0.1) is 19.3 Å². The molecule has 0 aliphatic rings. The van der Waals surface area contributed by atoms with Crippen molar-refractivity contribution in [3.05, 3.63) is 35.9 Å². The lowest BCUT2D eigenvalue weighted by Crippen LogP contribution is -2.53. The van der Waals surface area contributed by atoms with E-state index in [0.29, 0.717) is 19.6 Å². The molecule has 1 unspecified atom stereocenters. The van der Waals surface area contributed by atoms with E-state index in [4.69, 9.17) is 9.47 Å². The van der Waals surface area contributed by atoms with Crippen LogP contribution in [0.3, 0.4) is 0 Å². The normalized spacial score (nSPS) is 13.6. The van der Waals surface area contributed by atoms with Gasteiger partial charge in [0.15, 0.2) is 0 Å². The van der Waals surface area contributed by atoms with Crippen molar-refractivity contribution < 1.29 is 40.2 Å². The van der Waals surface area contributed by atoms with Crippen molar-refractivity contribution in [3.63, 3.8) is 0 Å². The highest BCUT2D eigenvalue weighted by Crippen LogP contribution is 2.49. The number of benzene rings is 1. The fraction of sp³-hybridized carbons (Fsp3) is 0.806. The number of unbranched alkanes of at least 4 members (excludes halogenated alkanes) is 13. The van der Waals surface area contributed by atoms with Gasteiger partial charge in [-0.3, -0.25) is 0 Å². The summed E-state index contributed by atoms with van der Waals surface area (Å²) in [5.74, 6) is 0. The maximum Gasteiger partial charge on any atom is 0.431 e. The Kier molecular flexibility index (Phi) is 18.8. The zero-order valence-electron chi connectivity index (χ0n) is 24.1. The molecule has 0 fully saturated rings. The number of halogens is 7. The molecule has 0 aromatic heterocycles. The molecule has 0 heterocycles. The van der Waals surface area contributed by atoms with E-state index in [1.807, 2.05) is 18.2 Å². The van der Waals surface area contributed by atoms with Gasteiger partial charge in [0.25, 0.3) is 5.67 Å². The van der Waals surface area contributed by atoms with E-state index in [2.05, 4.69) is 19.1 Å². The second-order valence-electron chi connectivity index (χ2n) is 10.8.